The van der Waals surface area contributed by atoms with E-state index in [0.29, 0.717) is 60.6 Å². The monoisotopic (exact) mass is 541 g/mol. The first kappa shape index (κ1) is 26.1. The average molecular weight is 542 g/mol. The number of rotatable bonds is 3. The summed E-state index contributed by atoms with van der Waals surface area (Å²) in [7, 11) is 1.93. The summed E-state index contributed by atoms with van der Waals surface area (Å²) >= 11 is 6.27. The molecule has 202 valence electrons. The third-order valence-corrected chi connectivity index (χ3v) is 7.14. The van der Waals surface area contributed by atoms with Gasteiger partial charge in [0.25, 0.3) is 11.8 Å². The van der Waals surface area contributed by atoms with Gasteiger partial charge in [-0.2, -0.15) is 14.6 Å². The van der Waals surface area contributed by atoms with Crippen molar-refractivity contribution in [2.75, 3.05) is 51.3 Å². The number of aromatic nitrogens is 3. The van der Waals surface area contributed by atoms with Crippen LogP contribution in [0.15, 0.2) is 24.3 Å². The Balaban J connectivity index is 1.65. The van der Waals surface area contributed by atoms with Gasteiger partial charge in [-0.05, 0) is 44.4 Å². The number of nitrogens with two attached hydrogens (primary N) is 1. The van der Waals surface area contributed by atoms with Crippen molar-refractivity contribution in [1.82, 2.24) is 24.8 Å². The molecular weight excluding hydrogens is 510 g/mol. The van der Waals surface area contributed by atoms with Gasteiger partial charge in [-0.1, -0.05) is 11.6 Å². The minimum atomic E-state index is -0.292. The Morgan fingerprint density at radius 3 is 2.89 bits per heavy atom. The lowest BCUT2D eigenvalue weighted by Crippen LogP contribution is -2.39. The molecule has 12 heteroatoms. The molecule has 11 nitrogen and oxygen atoms in total. The zero-order chi connectivity index (χ0) is 26.8. The van der Waals surface area contributed by atoms with E-state index >= 15 is 0 Å². The smallest absolute Gasteiger partial charge is 0.258 e. The minimum Gasteiger partial charge on any atom is -0.483 e. The van der Waals surface area contributed by atoms with Gasteiger partial charge in [0.05, 0.1) is 22.9 Å². The number of anilines is 1. The fraction of sp³-hybridized carbons (Fsp3) is 0.462. The molecule has 2 amide bonds. The summed E-state index contributed by atoms with van der Waals surface area (Å²) in [5, 5.41) is 8.25. The zero-order valence-corrected chi connectivity index (χ0v) is 22.3. The third kappa shape index (κ3) is 5.08. The molecule has 4 heterocycles. The predicted octanol–water partition coefficient (Wildman–Crippen LogP) is 2.34. The second kappa shape index (κ2) is 11.0. The second-order valence-electron chi connectivity index (χ2n) is 9.55. The summed E-state index contributed by atoms with van der Waals surface area (Å²) in [6.45, 7) is 3.85. The molecule has 0 spiro atoms. The van der Waals surface area contributed by atoms with Crippen LogP contribution in [-0.4, -0.2) is 77.8 Å². The Kier molecular flexibility index (Phi) is 7.57. The van der Waals surface area contributed by atoms with Crippen LogP contribution in [0, 0.1) is 6.92 Å². The number of ether oxygens (including phenoxy) is 2. The normalized spacial score (nSPS) is 18.7. The Labute approximate surface area is 225 Å². The van der Waals surface area contributed by atoms with Crippen molar-refractivity contribution in [2.45, 2.75) is 32.2 Å². The lowest BCUT2D eigenvalue weighted by molar-refractivity contribution is -0.123. The molecule has 1 fully saturated rings. The maximum absolute atomic E-state index is 13.9. The van der Waals surface area contributed by atoms with Crippen molar-refractivity contribution in [3.8, 4) is 11.6 Å². The summed E-state index contributed by atoms with van der Waals surface area (Å²) in [4.78, 5) is 35.0. The number of piperidine rings is 1. The molecule has 0 unspecified atom stereocenters. The van der Waals surface area contributed by atoms with Gasteiger partial charge in [0.15, 0.2) is 12.3 Å². The molecule has 2 bridgehead atoms. The highest BCUT2D eigenvalue weighted by Gasteiger charge is 2.33. The van der Waals surface area contributed by atoms with Gasteiger partial charge in [-0.3, -0.25) is 9.59 Å². The van der Waals surface area contributed by atoms with Crippen LogP contribution in [0.1, 0.15) is 46.9 Å². The fourth-order valence-corrected chi connectivity index (χ4v) is 5.24. The van der Waals surface area contributed by atoms with Gasteiger partial charge < -0.3 is 30.3 Å². The molecule has 5 rings (SSSR count). The number of carbonyl (C=O) groups is 2. The maximum atomic E-state index is 13.9. The van der Waals surface area contributed by atoms with Crippen LogP contribution in [-0.2, 0) is 4.79 Å². The number of nitrogens with zero attached hydrogens (tertiary/aromatic N) is 5. The Hall–Kier alpha value is -3.57. The van der Waals surface area contributed by atoms with E-state index in [1.807, 2.05) is 29.8 Å². The number of nitrogens with one attached hydrogen (secondary N) is 1. The first-order valence-electron chi connectivity index (χ1n) is 12.8. The summed E-state index contributed by atoms with van der Waals surface area (Å²) in [6, 6.07) is 6.53. The standard InChI is InChI=1S/C26H32ClN7O4/c1-16-24(37-12-8-28)30-22-14-19-20-5-3-4-10-33(20)26(36)18-13-17(27)6-7-21(18)38-15-23(35)29-9-11-32(2)25(16)34(22)31-19/h6-7,13-14,20H,3-5,8-12,15,28H2,1-2H3,(H,29,35)/t20-/m0/s1. The van der Waals surface area contributed by atoms with Crippen molar-refractivity contribution in [2.24, 2.45) is 5.73 Å². The quantitative estimate of drug-likeness (QED) is 0.517. The van der Waals surface area contributed by atoms with Crippen LogP contribution in [0.25, 0.3) is 5.65 Å². The summed E-state index contributed by atoms with van der Waals surface area (Å²) in [5.41, 5.74) is 8.16. The molecule has 2 aromatic heterocycles. The topological polar surface area (TPSA) is 127 Å². The van der Waals surface area contributed by atoms with E-state index in [-0.39, 0.29) is 24.5 Å². The highest BCUT2D eigenvalue weighted by Crippen LogP contribution is 2.36. The minimum absolute atomic E-state index is 0.217. The van der Waals surface area contributed by atoms with Crippen LogP contribution in [0.3, 0.4) is 0 Å². The number of hydrogen-bond acceptors (Lipinski definition) is 8. The van der Waals surface area contributed by atoms with Crippen LogP contribution >= 0.6 is 11.6 Å². The van der Waals surface area contributed by atoms with E-state index in [2.05, 4.69) is 5.32 Å². The van der Waals surface area contributed by atoms with E-state index in [0.717, 1.165) is 36.3 Å². The first-order valence-corrected chi connectivity index (χ1v) is 13.2. The fourth-order valence-electron chi connectivity index (χ4n) is 5.07. The number of carbonyl (C=O) groups excluding carboxylic acids is 2. The van der Waals surface area contributed by atoms with E-state index in [9.17, 15) is 9.59 Å². The molecule has 3 aromatic rings. The van der Waals surface area contributed by atoms with Crippen molar-refractivity contribution < 1.29 is 19.1 Å². The van der Waals surface area contributed by atoms with Gasteiger partial charge in [0.2, 0.25) is 5.88 Å². The third-order valence-electron chi connectivity index (χ3n) is 6.91. The molecule has 0 radical (unpaired) electrons. The highest BCUT2D eigenvalue weighted by molar-refractivity contribution is 6.31. The number of benzene rings is 1. The zero-order valence-electron chi connectivity index (χ0n) is 21.6. The average Bonchev–Trinajstić information content (AvgIpc) is 3.33. The number of hydrogen-bond donors (Lipinski definition) is 2. The van der Waals surface area contributed by atoms with Crippen LogP contribution in [0.4, 0.5) is 5.82 Å². The number of amides is 2. The molecule has 38 heavy (non-hydrogen) atoms. The molecule has 0 aliphatic carbocycles. The van der Waals surface area contributed by atoms with Crippen molar-refractivity contribution in [3.63, 3.8) is 0 Å². The van der Waals surface area contributed by atoms with Crippen LogP contribution in [0.5, 0.6) is 11.6 Å². The van der Waals surface area contributed by atoms with Crippen molar-refractivity contribution >= 4 is 34.9 Å². The molecular formula is C26H32ClN7O4. The summed E-state index contributed by atoms with van der Waals surface area (Å²) in [5.74, 6) is 1.08. The molecule has 1 atom stereocenters. The summed E-state index contributed by atoms with van der Waals surface area (Å²) < 4.78 is 13.5. The SMILES string of the molecule is Cc1c(OCCN)nc2cc3nn2c1N(C)CCNC(=O)COc1ccc(Cl)cc1C(=O)N1CCCC[C@@H]31. The highest BCUT2D eigenvalue weighted by atomic mass is 35.5. The summed E-state index contributed by atoms with van der Waals surface area (Å²) in [6.07, 6.45) is 2.60. The van der Waals surface area contributed by atoms with Crippen molar-refractivity contribution in [3.05, 3.63) is 46.1 Å². The van der Waals surface area contributed by atoms with Crippen molar-refractivity contribution in [1.29, 1.82) is 0 Å². The Morgan fingerprint density at radius 1 is 1.24 bits per heavy atom. The largest absolute Gasteiger partial charge is 0.483 e. The molecule has 0 saturated carbocycles. The number of likely N-dealkylation sites (N-methyl/N-ethyl adjacent to an activating group) is 1. The predicted molar refractivity (Wildman–Crippen MR) is 143 cm³/mol. The number of fused-ring (bicyclic) bond motifs is 4. The number of halogens is 1. The van der Waals surface area contributed by atoms with E-state index in [1.54, 1.807) is 22.7 Å². The van der Waals surface area contributed by atoms with Crippen LogP contribution in [0.2, 0.25) is 5.02 Å². The molecule has 1 saturated heterocycles. The van der Waals surface area contributed by atoms with Crippen LogP contribution < -0.4 is 25.4 Å². The maximum Gasteiger partial charge on any atom is 0.258 e. The lowest BCUT2D eigenvalue weighted by Gasteiger charge is -2.35. The second-order valence-corrected chi connectivity index (χ2v) is 9.99. The Morgan fingerprint density at radius 2 is 2.08 bits per heavy atom. The Bertz CT molecular complexity index is 1360. The molecule has 2 aliphatic rings. The lowest BCUT2D eigenvalue weighted by atomic mass is 9.98. The van der Waals surface area contributed by atoms with E-state index in [1.165, 1.54) is 0 Å². The van der Waals surface area contributed by atoms with E-state index in [4.69, 9.17) is 36.9 Å². The molecule has 2 aliphatic heterocycles. The molecule has 1 aromatic carbocycles. The first-order chi connectivity index (χ1) is 18.4. The van der Waals surface area contributed by atoms with E-state index < -0.39 is 0 Å². The van der Waals surface area contributed by atoms with Gasteiger partial charge in [-0.25, -0.2) is 0 Å². The van der Waals surface area contributed by atoms with Gasteiger partial charge >= 0.3 is 0 Å². The van der Waals surface area contributed by atoms with Gasteiger partial charge in [0.1, 0.15) is 18.2 Å². The van der Waals surface area contributed by atoms with Gasteiger partial charge in [0, 0.05) is 44.3 Å². The van der Waals surface area contributed by atoms with Gasteiger partial charge in [-0.15, -0.1) is 0 Å². The molecule has 3 N–H and O–H groups in total.